The molecule has 3 aliphatic rings. The molecule has 0 saturated carbocycles. The summed E-state index contributed by atoms with van der Waals surface area (Å²) in [4.78, 5) is 16.8. The van der Waals surface area contributed by atoms with Gasteiger partial charge in [-0.1, -0.05) is 17.7 Å². The number of carbonyl (C=O) groups excluding carboxylic acids is 1. The molecule has 0 bridgehead atoms. The first-order valence-corrected chi connectivity index (χ1v) is 11.8. The minimum Gasteiger partial charge on any atom is -0.478 e. The van der Waals surface area contributed by atoms with E-state index < -0.39 is 0 Å². The molecule has 0 amide bonds. The predicted molar refractivity (Wildman–Crippen MR) is 125 cm³/mol. The Morgan fingerprint density at radius 1 is 1.21 bits per heavy atom. The normalized spacial score (nSPS) is 18.2. The van der Waals surface area contributed by atoms with Gasteiger partial charge in [-0.3, -0.25) is 9.69 Å². The van der Waals surface area contributed by atoms with Crippen LogP contribution in [0.5, 0.6) is 17.2 Å². The third-order valence-corrected chi connectivity index (χ3v) is 7.02. The van der Waals surface area contributed by atoms with Gasteiger partial charge in [0.25, 0.3) is 0 Å². The fraction of sp³-hybridized carbons (Fsp3) is 0.240. The molecule has 33 heavy (non-hydrogen) atoms. The second-order valence-corrected chi connectivity index (χ2v) is 9.72. The van der Waals surface area contributed by atoms with Gasteiger partial charge >= 0.3 is 0 Å². The van der Waals surface area contributed by atoms with Gasteiger partial charge < -0.3 is 18.9 Å². The fourth-order valence-corrected chi connectivity index (χ4v) is 5.45. The Morgan fingerprint density at radius 3 is 2.97 bits per heavy atom. The molecular formula is C25H20ClNO5S. The van der Waals surface area contributed by atoms with Crippen LogP contribution in [0.4, 0.5) is 0 Å². The van der Waals surface area contributed by atoms with E-state index >= 15 is 0 Å². The first kappa shape index (κ1) is 20.7. The molecule has 0 atom stereocenters. The third-order valence-electron chi connectivity index (χ3n) is 5.94. The number of fused-ring (bicyclic) bond motifs is 4. The highest BCUT2D eigenvalue weighted by molar-refractivity contribution is 7.09. The molecule has 4 heterocycles. The number of halogens is 1. The van der Waals surface area contributed by atoms with E-state index in [4.69, 9.17) is 30.5 Å². The zero-order valence-electron chi connectivity index (χ0n) is 17.9. The first-order valence-electron chi connectivity index (χ1n) is 10.6. The van der Waals surface area contributed by atoms with Gasteiger partial charge in [-0.15, -0.1) is 11.3 Å². The van der Waals surface area contributed by atoms with E-state index in [2.05, 4.69) is 16.3 Å². The van der Waals surface area contributed by atoms with Crippen molar-refractivity contribution in [2.24, 2.45) is 0 Å². The van der Waals surface area contributed by atoms with E-state index in [0.717, 1.165) is 29.0 Å². The molecule has 0 unspecified atom stereocenters. The minimum atomic E-state index is -0.151. The molecule has 0 radical (unpaired) electrons. The number of hydrogen-bond acceptors (Lipinski definition) is 7. The predicted octanol–water partition coefficient (Wildman–Crippen LogP) is 5.54. The van der Waals surface area contributed by atoms with Crippen molar-refractivity contribution in [1.82, 2.24) is 4.90 Å². The summed E-state index contributed by atoms with van der Waals surface area (Å²) < 4.78 is 23.3. The second-order valence-electron chi connectivity index (χ2n) is 8.25. The van der Waals surface area contributed by atoms with Gasteiger partial charge in [0.2, 0.25) is 5.78 Å². The van der Waals surface area contributed by atoms with Gasteiger partial charge in [0.05, 0.1) is 17.7 Å². The van der Waals surface area contributed by atoms with E-state index in [1.807, 2.05) is 25.1 Å². The lowest BCUT2D eigenvalue weighted by Gasteiger charge is -2.29. The molecule has 8 heteroatoms. The Kier molecular flexibility index (Phi) is 5.14. The zero-order valence-corrected chi connectivity index (χ0v) is 19.4. The van der Waals surface area contributed by atoms with Crippen LogP contribution in [0.2, 0.25) is 5.02 Å². The molecule has 3 aromatic rings. The van der Waals surface area contributed by atoms with Gasteiger partial charge in [-0.2, -0.15) is 0 Å². The van der Waals surface area contributed by atoms with Crippen LogP contribution < -0.4 is 14.2 Å². The van der Waals surface area contributed by atoms with Crippen molar-refractivity contribution in [2.75, 3.05) is 13.5 Å². The lowest BCUT2D eigenvalue weighted by molar-refractivity contribution is -0.0165. The van der Waals surface area contributed by atoms with Crippen molar-refractivity contribution in [3.63, 3.8) is 0 Å². The van der Waals surface area contributed by atoms with Crippen molar-refractivity contribution in [2.45, 2.75) is 26.6 Å². The van der Waals surface area contributed by atoms with Gasteiger partial charge in [0.1, 0.15) is 24.0 Å². The SMILES string of the molecule is Cc1cc2c(c3c1C(=O)/C(=C/c1cc(Cl)cc4c1OCOC4)O3)CN(Cc1cccs1)CO2. The highest BCUT2D eigenvalue weighted by Gasteiger charge is 2.36. The molecular weight excluding hydrogens is 462 g/mol. The van der Waals surface area contributed by atoms with Crippen molar-refractivity contribution in [3.8, 4) is 17.2 Å². The molecule has 6 nitrogen and oxygen atoms in total. The number of carbonyl (C=O) groups is 1. The summed E-state index contributed by atoms with van der Waals surface area (Å²) >= 11 is 8.02. The monoisotopic (exact) mass is 481 g/mol. The van der Waals surface area contributed by atoms with Gasteiger partial charge in [0, 0.05) is 34.1 Å². The summed E-state index contributed by atoms with van der Waals surface area (Å²) in [5.41, 5.74) is 3.85. The summed E-state index contributed by atoms with van der Waals surface area (Å²) in [6.45, 7) is 4.39. The number of hydrogen-bond donors (Lipinski definition) is 0. The molecule has 3 aliphatic heterocycles. The molecule has 0 spiro atoms. The molecule has 1 aromatic heterocycles. The van der Waals surface area contributed by atoms with Crippen molar-refractivity contribution >= 4 is 34.8 Å². The average molecular weight is 482 g/mol. The Balaban J connectivity index is 1.36. The number of ketones is 1. The molecule has 0 aliphatic carbocycles. The highest BCUT2D eigenvalue weighted by atomic mass is 35.5. The largest absolute Gasteiger partial charge is 0.478 e. The maximum Gasteiger partial charge on any atom is 0.232 e. The molecule has 6 rings (SSSR count). The van der Waals surface area contributed by atoms with Gasteiger partial charge in [-0.05, 0) is 48.2 Å². The number of aryl methyl sites for hydroxylation is 1. The van der Waals surface area contributed by atoms with Crippen LogP contribution in [-0.4, -0.2) is 24.2 Å². The van der Waals surface area contributed by atoms with Gasteiger partial charge in [-0.25, -0.2) is 0 Å². The van der Waals surface area contributed by atoms with E-state index in [1.165, 1.54) is 4.88 Å². The summed E-state index contributed by atoms with van der Waals surface area (Å²) in [7, 11) is 0. The van der Waals surface area contributed by atoms with E-state index in [-0.39, 0.29) is 18.3 Å². The van der Waals surface area contributed by atoms with Crippen molar-refractivity contribution in [3.05, 3.63) is 79.2 Å². The topological polar surface area (TPSA) is 57.2 Å². The molecule has 2 aromatic carbocycles. The standard InChI is InChI=1S/C25H20ClNO5S/c1-14-5-20-19(10-27(12-30-20)9-18-3-2-4-33-18)25-22(14)23(28)21(32-25)8-15-6-17(26)7-16-11-29-13-31-24(15)16/h2-8H,9-13H2,1H3/b21-8-. The Morgan fingerprint density at radius 2 is 2.12 bits per heavy atom. The van der Waals surface area contributed by atoms with Crippen LogP contribution in [0.15, 0.2) is 41.5 Å². The molecule has 168 valence electrons. The highest BCUT2D eigenvalue weighted by Crippen LogP contribution is 2.45. The van der Waals surface area contributed by atoms with Crippen LogP contribution in [0.25, 0.3) is 6.08 Å². The van der Waals surface area contributed by atoms with Crippen LogP contribution >= 0.6 is 22.9 Å². The first-order chi connectivity index (χ1) is 16.1. The fourth-order valence-electron chi connectivity index (χ4n) is 4.46. The maximum absolute atomic E-state index is 13.4. The number of nitrogens with zero attached hydrogens (tertiary/aromatic N) is 1. The summed E-state index contributed by atoms with van der Waals surface area (Å²) in [6.07, 6.45) is 1.71. The van der Waals surface area contributed by atoms with Gasteiger partial charge in [0.15, 0.2) is 12.6 Å². The Hall–Kier alpha value is -2.84. The third kappa shape index (κ3) is 3.71. The van der Waals surface area contributed by atoms with Crippen LogP contribution in [0.3, 0.4) is 0 Å². The van der Waals surface area contributed by atoms with Crippen LogP contribution in [0.1, 0.15) is 37.5 Å². The summed E-state index contributed by atoms with van der Waals surface area (Å²) in [5, 5.41) is 2.61. The van der Waals surface area contributed by atoms with Crippen molar-refractivity contribution < 1.29 is 23.7 Å². The van der Waals surface area contributed by atoms with Crippen molar-refractivity contribution in [1.29, 1.82) is 0 Å². The Labute approximate surface area is 199 Å². The molecule has 0 N–H and O–H groups in total. The molecule has 0 fully saturated rings. The number of allylic oxidation sites excluding steroid dienone is 1. The minimum absolute atomic E-state index is 0.151. The number of thiophene rings is 1. The van der Waals surface area contributed by atoms with Crippen LogP contribution in [0, 0.1) is 6.92 Å². The number of benzene rings is 2. The summed E-state index contributed by atoms with van der Waals surface area (Å²) in [6, 6.07) is 9.67. The average Bonchev–Trinajstić information content (AvgIpc) is 3.43. The maximum atomic E-state index is 13.4. The Bertz CT molecular complexity index is 1300. The van der Waals surface area contributed by atoms with E-state index in [1.54, 1.807) is 23.5 Å². The summed E-state index contributed by atoms with van der Waals surface area (Å²) in [5.74, 6) is 2.10. The second kappa shape index (κ2) is 8.18. The lowest BCUT2D eigenvalue weighted by Crippen LogP contribution is -2.31. The number of Topliss-reactive ketones (excluding diaryl/α,β-unsaturated/α-hetero) is 1. The number of rotatable bonds is 3. The smallest absolute Gasteiger partial charge is 0.232 e. The van der Waals surface area contributed by atoms with Crippen LogP contribution in [-0.2, 0) is 24.4 Å². The lowest BCUT2D eigenvalue weighted by atomic mass is 9.98. The molecule has 0 saturated heterocycles. The number of ether oxygens (including phenoxy) is 4. The quantitative estimate of drug-likeness (QED) is 0.457. The zero-order chi connectivity index (χ0) is 22.5. The van der Waals surface area contributed by atoms with E-state index in [0.29, 0.717) is 47.5 Å². The van der Waals surface area contributed by atoms with E-state index in [9.17, 15) is 4.79 Å².